The van der Waals surface area contributed by atoms with Gasteiger partial charge in [0.05, 0.1) is 16.8 Å². The highest BCUT2D eigenvalue weighted by atomic mass is 16.1. The van der Waals surface area contributed by atoms with E-state index in [-0.39, 0.29) is 5.91 Å². The first-order chi connectivity index (χ1) is 13.9. The molecule has 0 radical (unpaired) electrons. The number of hydrogen-bond acceptors (Lipinski definition) is 2. The molecule has 0 atom stereocenters. The van der Waals surface area contributed by atoms with E-state index in [0.717, 1.165) is 44.5 Å². The van der Waals surface area contributed by atoms with Crippen molar-refractivity contribution in [2.45, 2.75) is 27.7 Å². The van der Waals surface area contributed by atoms with Crippen molar-refractivity contribution in [2.24, 2.45) is 0 Å². The van der Waals surface area contributed by atoms with Crippen LogP contribution >= 0.6 is 0 Å². The van der Waals surface area contributed by atoms with Crippen molar-refractivity contribution < 1.29 is 4.79 Å². The third kappa shape index (κ3) is 3.64. The van der Waals surface area contributed by atoms with E-state index in [9.17, 15) is 4.79 Å². The summed E-state index contributed by atoms with van der Waals surface area (Å²) in [7, 11) is 0. The Hall–Kier alpha value is -3.46. The molecule has 4 rings (SSSR count). The monoisotopic (exact) mass is 380 g/mol. The van der Waals surface area contributed by atoms with Crippen molar-refractivity contribution in [1.29, 1.82) is 0 Å². The molecule has 0 unspecified atom stereocenters. The van der Waals surface area contributed by atoms with Crippen LogP contribution in [0, 0.1) is 27.7 Å². The van der Waals surface area contributed by atoms with Gasteiger partial charge in [-0.25, -0.2) is 4.98 Å². The molecular weight excluding hydrogens is 356 g/mol. The Bertz CT molecular complexity index is 1220. The van der Waals surface area contributed by atoms with Crippen molar-refractivity contribution in [3.63, 3.8) is 0 Å². The summed E-state index contributed by atoms with van der Waals surface area (Å²) in [5.74, 6) is -0.108. The van der Waals surface area contributed by atoms with Gasteiger partial charge in [0.15, 0.2) is 0 Å². The van der Waals surface area contributed by atoms with Gasteiger partial charge >= 0.3 is 0 Å². The Morgan fingerprint density at radius 2 is 1.52 bits per heavy atom. The lowest BCUT2D eigenvalue weighted by Gasteiger charge is -2.16. The van der Waals surface area contributed by atoms with Crippen LogP contribution in [0.15, 0.2) is 66.7 Å². The van der Waals surface area contributed by atoms with E-state index in [0.29, 0.717) is 5.56 Å². The predicted molar refractivity (Wildman–Crippen MR) is 121 cm³/mol. The summed E-state index contributed by atoms with van der Waals surface area (Å²) in [4.78, 5) is 18.3. The summed E-state index contributed by atoms with van der Waals surface area (Å²) < 4.78 is 0. The summed E-state index contributed by atoms with van der Waals surface area (Å²) in [6.07, 6.45) is 0. The zero-order valence-corrected chi connectivity index (χ0v) is 17.2. The number of amides is 1. The van der Waals surface area contributed by atoms with Crippen LogP contribution in [0.1, 0.15) is 32.6 Å². The van der Waals surface area contributed by atoms with Crippen molar-refractivity contribution >= 4 is 22.5 Å². The third-order valence-corrected chi connectivity index (χ3v) is 5.33. The van der Waals surface area contributed by atoms with Crippen molar-refractivity contribution in [3.8, 4) is 11.3 Å². The molecule has 3 nitrogen and oxygen atoms in total. The molecular formula is C26H24N2O. The van der Waals surface area contributed by atoms with Gasteiger partial charge < -0.3 is 5.32 Å². The Labute approximate surface area is 171 Å². The first-order valence-electron chi connectivity index (χ1n) is 9.79. The fourth-order valence-electron chi connectivity index (χ4n) is 3.65. The van der Waals surface area contributed by atoms with Gasteiger partial charge in [-0.05, 0) is 56.5 Å². The van der Waals surface area contributed by atoms with E-state index in [1.54, 1.807) is 0 Å². The normalized spacial score (nSPS) is 10.9. The number of carbonyl (C=O) groups excluding carboxylic acids is 1. The average molecular weight is 380 g/mol. The minimum atomic E-state index is -0.108. The van der Waals surface area contributed by atoms with E-state index in [2.05, 4.69) is 36.5 Å². The quantitative estimate of drug-likeness (QED) is 0.447. The fourth-order valence-corrected chi connectivity index (χ4v) is 3.65. The lowest BCUT2D eigenvalue weighted by Crippen LogP contribution is -2.16. The number of rotatable bonds is 3. The largest absolute Gasteiger partial charge is 0.322 e. The van der Waals surface area contributed by atoms with Gasteiger partial charge in [0.1, 0.15) is 0 Å². The van der Waals surface area contributed by atoms with Crippen LogP contribution in [-0.2, 0) is 0 Å². The third-order valence-electron chi connectivity index (χ3n) is 5.33. The number of benzene rings is 3. The number of pyridine rings is 1. The molecule has 0 saturated carbocycles. The highest BCUT2D eigenvalue weighted by molar-refractivity contribution is 6.14. The molecule has 29 heavy (non-hydrogen) atoms. The van der Waals surface area contributed by atoms with Gasteiger partial charge in [0.2, 0.25) is 0 Å². The van der Waals surface area contributed by atoms with Crippen LogP contribution in [-0.4, -0.2) is 10.9 Å². The first kappa shape index (κ1) is 18.9. The number of para-hydroxylation sites is 1. The molecule has 0 aliphatic rings. The standard InChI is InChI=1S/C26H24N2O/c1-16-10-13-20(14-11-16)25-19(4)24(21-7-5-6-8-22(21)27-25)26(29)28-23-15-17(2)9-12-18(23)3/h5-15H,1-4H3,(H,28,29). The lowest BCUT2D eigenvalue weighted by molar-refractivity contribution is 0.102. The molecule has 0 saturated heterocycles. The van der Waals surface area contributed by atoms with Gasteiger partial charge in [0.25, 0.3) is 5.91 Å². The molecule has 0 aliphatic carbocycles. The Balaban J connectivity index is 1.88. The molecule has 3 aromatic carbocycles. The molecule has 1 amide bonds. The zero-order chi connectivity index (χ0) is 20.5. The topological polar surface area (TPSA) is 42.0 Å². The summed E-state index contributed by atoms with van der Waals surface area (Å²) in [5, 5.41) is 3.99. The Morgan fingerprint density at radius 3 is 2.28 bits per heavy atom. The molecule has 1 aromatic heterocycles. The summed E-state index contributed by atoms with van der Waals surface area (Å²) in [5.41, 5.74) is 8.42. The summed E-state index contributed by atoms with van der Waals surface area (Å²) in [6, 6.07) is 22.2. The van der Waals surface area contributed by atoms with Crippen LogP contribution in [0.2, 0.25) is 0 Å². The second-order valence-electron chi connectivity index (χ2n) is 7.62. The minimum absolute atomic E-state index is 0.108. The van der Waals surface area contributed by atoms with Crippen molar-refractivity contribution in [3.05, 3.63) is 94.5 Å². The van der Waals surface area contributed by atoms with Gasteiger partial charge in [-0.1, -0.05) is 60.2 Å². The smallest absolute Gasteiger partial charge is 0.256 e. The van der Waals surface area contributed by atoms with E-state index in [1.165, 1.54) is 5.56 Å². The molecule has 0 aliphatic heterocycles. The number of anilines is 1. The summed E-state index contributed by atoms with van der Waals surface area (Å²) >= 11 is 0. The molecule has 3 heteroatoms. The lowest BCUT2D eigenvalue weighted by atomic mass is 9.96. The van der Waals surface area contributed by atoms with Crippen LogP contribution in [0.5, 0.6) is 0 Å². The molecule has 0 spiro atoms. The van der Waals surface area contributed by atoms with Crippen LogP contribution in [0.3, 0.4) is 0 Å². The van der Waals surface area contributed by atoms with Gasteiger partial charge in [-0.2, -0.15) is 0 Å². The van der Waals surface area contributed by atoms with E-state index in [4.69, 9.17) is 4.98 Å². The van der Waals surface area contributed by atoms with Crippen LogP contribution < -0.4 is 5.32 Å². The minimum Gasteiger partial charge on any atom is -0.322 e. The Morgan fingerprint density at radius 1 is 0.828 bits per heavy atom. The van der Waals surface area contributed by atoms with Crippen LogP contribution in [0.25, 0.3) is 22.2 Å². The molecule has 0 fully saturated rings. The highest BCUT2D eigenvalue weighted by Crippen LogP contribution is 2.31. The molecule has 1 N–H and O–H groups in total. The number of aromatic nitrogens is 1. The number of carbonyl (C=O) groups is 1. The van der Waals surface area contributed by atoms with Gasteiger partial charge in [-0.15, -0.1) is 0 Å². The summed E-state index contributed by atoms with van der Waals surface area (Å²) in [6.45, 7) is 8.07. The molecule has 4 aromatic rings. The maximum atomic E-state index is 13.4. The second kappa shape index (κ2) is 7.51. The van der Waals surface area contributed by atoms with Gasteiger partial charge in [0, 0.05) is 16.6 Å². The maximum absolute atomic E-state index is 13.4. The Kier molecular flexibility index (Phi) is 4.89. The maximum Gasteiger partial charge on any atom is 0.256 e. The first-order valence-corrected chi connectivity index (χ1v) is 9.79. The number of fused-ring (bicyclic) bond motifs is 1. The molecule has 0 bridgehead atoms. The number of aryl methyl sites for hydroxylation is 3. The van der Waals surface area contributed by atoms with Crippen molar-refractivity contribution in [2.75, 3.05) is 5.32 Å². The highest BCUT2D eigenvalue weighted by Gasteiger charge is 2.19. The number of nitrogens with zero attached hydrogens (tertiary/aromatic N) is 1. The van der Waals surface area contributed by atoms with Gasteiger partial charge in [-0.3, -0.25) is 4.79 Å². The molecule has 1 heterocycles. The molecule has 144 valence electrons. The zero-order valence-electron chi connectivity index (χ0n) is 17.2. The van der Waals surface area contributed by atoms with E-state index >= 15 is 0 Å². The number of nitrogens with one attached hydrogen (secondary N) is 1. The van der Waals surface area contributed by atoms with E-state index in [1.807, 2.05) is 63.2 Å². The number of hydrogen-bond donors (Lipinski definition) is 1. The van der Waals surface area contributed by atoms with Crippen LogP contribution in [0.4, 0.5) is 5.69 Å². The predicted octanol–water partition coefficient (Wildman–Crippen LogP) is 6.39. The van der Waals surface area contributed by atoms with E-state index < -0.39 is 0 Å². The average Bonchev–Trinajstić information content (AvgIpc) is 2.71. The second-order valence-corrected chi connectivity index (χ2v) is 7.62. The van der Waals surface area contributed by atoms with Crippen molar-refractivity contribution in [1.82, 2.24) is 4.98 Å². The fraction of sp³-hybridized carbons (Fsp3) is 0.154. The SMILES string of the molecule is Cc1ccc(-c2nc3ccccc3c(C(=O)Nc3cc(C)ccc3C)c2C)cc1.